The maximum atomic E-state index is 10.9. The molecule has 1 saturated carbocycles. The second-order valence-corrected chi connectivity index (χ2v) is 5.34. The van der Waals surface area contributed by atoms with Crippen LogP contribution in [0.5, 0.6) is 0 Å². The predicted octanol–water partition coefficient (Wildman–Crippen LogP) is 1.74. The molecule has 0 aromatic heterocycles. The summed E-state index contributed by atoms with van der Waals surface area (Å²) in [6.45, 7) is 3.01. The van der Waals surface area contributed by atoms with Crippen molar-refractivity contribution in [1.29, 1.82) is 0 Å². The number of carboxylic acids is 1. The first-order valence-corrected chi connectivity index (χ1v) is 6.78. The molecule has 1 aliphatic carbocycles. The highest BCUT2D eigenvalue weighted by molar-refractivity contribution is 5.75. The van der Waals surface area contributed by atoms with Gasteiger partial charge in [0.05, 0.1) is 12.0 Å². The third-order valence-electron chi connectivity index (χ3n) is 3.70. The van der Waals surface area contributed by atoms with Crippen molar-refractivity contribution in [1.82, 2.24) is 5.32 Å². The van der Waals surface area contributed by atoms with Gasteiger partial charge in [0, 0.05) is 13.1 Å². The minimum Gasteiger partial charge on any atom is -0.481 e. The van der Waals surface area contributed by atoms with E-state index in [1.807, 2.05) is 24.3 Å². The van der Waals surface area contributed by atoms with Crippen LogP contribution in [0.3, 0.4) is 0 Å². The number of aliphatic carboxylic acids is 1. The summed E-state index contributed by atoms with van der Waals surface area (Å²) < 4.78 is 0. The molecule has 1 aromatic rings. The average molecular weight is 263 g/mol. The molecule has 0 heterocycles. The maximum absolute atomic E-state index is 10.9. The van der Waals surface area contributed by atoms with E-state index in [1.165, 1.54) is 0 Å². The highest BCUT2D eigenvalue weighted by Gasteiger charge is 2.28. The molecule has 0 radical (unpaired) electrons. The number of rotatable bonds is 7. The van der Waals surface area contributed by atoms with Crippen LogP contribution in [-0.2, 0) is 11.3 Å². The van der Waals surface area contributed by atoms with Gasteiger partial charge in [-0.2, -0.15) is 0 Å². The molecule has 0 bridgehead atoms. The summed E-state index contributed by atoms with van der Waals surface area (Å²) in [5, 5.41) is 21.9. The van der Waals surface area contributed by atoms with Crippen molar-refractivity contribution in [3.63, 3.8) is 0 Å². The SMILES string of the molecule is CC(C(=O)O)c1ccc(CNCC(O)C2CC2)cc1. The minimum atomic E-state index is -0.807. The molecule has 1 aromatic carbocycles. The zero-order valence-corrected chi connectivity index (χ0v) is 11.2. The summed E-state index contributed by atoms with van der Waals surface area (Å²) in [6.07, 6.45) is 2.06. The number of benzene rings is 1. The van der Waals surface area contributed by atoms with Gasteiger partial charge in [0.2, 0.25) is 0 Å². The summed E-state index contributed by atoms with van der Waals surface area (Å²) in [7, 11) is 0. The molecule has 4 heteroatoms. The van der Waals surface area contributed by atoms with Gasteiger partial charge in [-0.05, 0) is 36.8 Å². The molecule has 3 N–H and O–H groups in total. The summed E-state index contributed by atoms with van der Waals surface area (Å²) in [6, 6.07) is 7.58. The summed E-state index contributed by atoms with van der Waals surface area (Å²) >= 11 is 0. The monoisotopic (exact) mass is 263 g/mol. The molecule has 2 unspecified atom stereocenters. The molecule has 2 atom stereocenters. The second-order valence-electron chi connectivity index (χ2n) is 5.34. The maximum Gasteiger partial charge on any atom is 0.310 e. The fourth-order valence-electron chi connectivity index (χ4n) is 2.08. The first kappa shape index (κ1) is 14.0. The van der Waals surface area contributed by atoms with Crippen LogP contribution in [0, 0.1) is 5.92 Å². The lowest BCUT2D eigenvalue weighted by Gasteiger charge is -2.11. The Kier molecular flexibility index (Phi) is 4.56. The molecule has 104 valence electrons. The molecule has 0 saturated heterocycles. The van der Waals surface area contributed by atoms with Gasteiger partial charge in [-0.1, -0.05) is 24.3 Å². The molecular weight excluding hydrogens is 242 g/mol. The van der Waals surface area contributed by atoms with Gasteiger partial charge in [-0.15, -0.1) is 0 Å². The third-order valence-corrected chi connectivity index (χ3v) is 3.70. The number of carboxylic acid groups (broad SMARTS) is 1. The standard InChI is InChI=1S/C15H21NO3/c1-10(15(18)19)12-4-2-11(3-5-12)8-16-9-14(17)13-6-7-13/h2-5,10,13-14,16-17H,6-9H2,1H3,(H,18,19). The number of nitrogens with one attached hydrogen (secondary N) is 1. The number of carbonyl (C=O) groups is 1. The van der Waals surface area contributed by atoms with Crippen LogP contribution in [0.1, 0.15) is 36.8 Å². The molecule has 1 fully saturated rings. The van der Waals surface area contributed by atoms with Gasteiger partial charge < -0.3 is 15.5 Å². The van der Waals surface area contributed by atoms with Crippen LogP contribution < -0.4 is 5.32 Å². The minimum absolute atomic E-state index is 0.230. The van der Waals surface area contributed by atoms with Crippen molar-refractivity contribution in [2.75, 3.05) is 6.54 Å². The van der Waals surface area contributed by atoms with Crippen LogP contribution in [0.15, 0.2) is 24.3 Å². The molecule has 0 amide bonds. The molecule has 0 aliphatic heterocycles. The molecule has 19 heavy (non-hydrogen) atoms. The van der Waals surface area contributed by atoms with Gasteiger partial charge in [0.1, 0.15) is 0 Å². The molecular formula is C15H21NO3. The Morgan fingerprint density at radius 2 is 2.00 bits per heavy atom. The third kappa shape index (κ3) is 4.04. The Morgan fingerprint density at radius 3 is 2.53 bits per heavy atom. The van der Waals surface area contributed by atoms with E-state index in [4.69, 9.17) is 5.11 Å². The fourth-order valence-corrected chi connectivity index (χ4v) is 2.08. The Bertz CT molecular complexity index is 426. The van der Waals surface area contributed by atoms with Crippen LogP contribution in [-0.4, -0.2) is 28.8 Å². The van der Waals surface area contributed by atoms with Gasteiger partial charge >= 0.3 is 5.97 Å². The van der Waals surface area contributed by atoms with Crippen molar-refractivity contribution >= 4 is 5.97 Å². The van der Waals surface area contributed by atoms with E-state index in [0.29, 0.717) is 19.0 Å². The lowest BCUT2D eigenvalue weighted by molar-refractivity contribution is -0.138. The van der Waals surface area contributed by atoms with E-state index < -0.39 is 11.9 Å². The highest BCUT2D eigenvalue weighted by Crippen LogP contribution is 2.32. The fraction of sp³-hybridized carbons (Fsp3) is 0.533. The first-order chi connectivity index (χ1) is 9.08. The molecule has 4 nitrogen and oxygen atoms in total. The van der Waals surface area contributed by atoms with Crippen molar-refractivity contribution in [3.8, 4) is 0 Å². The van der Waals surface area contributed by atoms with Gasteiger partial charge in [-0.25, -0.2) is 0 Å². The van der Waals surface area contributed by atoms with Crippen molar-refractivity contribution < 1.29 is 15.0 Å². The van der Waals surface area contributed by atoms with E-state index in [-0.39, 0.29) is 6.10 Å². The predicted molar refractivity (Wildman–Crippen MR) is 72.9 cm³/mol. The summed E-state index contributed by atoms with van der Waals surface area (Å²) in [4.78, 5) is 10.9. The zero-order valence-electron chi connectivity index (χ0n) is 11.2. The average Bonchev–Trinajstić information content (AvgIpc) is 3.23. The van der Waals surface area contributed by atoms with E-state index in [2.05, 4.69) is 5.32 Å². The zero-order chi connectivity index (χ0) is 13.8. The lowest BCUT2D eigenvalue weighted by Crippen LogP contribution is -2.27. The van der Waals surface area contributed by atoms with E-state index >= 15 is 0 Å². The number of hydrogen-bond donors (Lipinski definition) is 3. The van der Waals surface area contributed by atoms with Crippen LogP contribution in [0.4, 0.5) is 0 Å². The number of hydrogen-bond acceptors (Lipinski definition) is 3. The quantitative estimate of drug-likeness (QED) is 0.701. The van der Waals surface area contributed by atoms with Crippen LogP contribution >= 0.6 is 0 Å². The Labute approximate surface area is 113 Å². The first-order valence-electron chi connectivity index (χ1n) is 6.78. The number of aliphatic hydroxyl groups is 1. The van der Waals surface area contributed by atoms with Gasteiger partial charge in [0.25, 0.3) is 0 Å². The van der Waals surface area contributed by atoms with Gasteiger partial charge in [-0.3, -0.25) is 4.79 Å². The molecule has 0 spiro atoms. The van der Waals surface area contributed by atoms with E-state index in [1.54, 1.807) is 6.92 Å². The number of aliphatic hydroxyl groups excluding tert-OH is 1. The topological polar surface area (TPSA) is 69.6 Å². The van der Waals surface area contributed by atoms with E-state index in [0.717, 1.165) is 24.0 Å². The van der Waals surface area contributed by atoms with E-state index in [9.17, 15) is 9.90 Å². The van der Waals surface area contributed by atoms with Crippen LogP contribution in [0.25, 0.3) is 0 Å². The lowest BCUT2D eigenvalue weighted by atomic mass is 10.00. The smallest absolute Gasteiger partial charge is 0.310 e. The highest BCUT2D eigenvalue weighted by atomic mass is 16.4. The Balaban J connectivity index is 1.79. The second kappa shape index (κ2) is 6.17. The Hall–Kier alpha value is -1.39. The molecule has 1 aliphatic rings. The largest absolute Gasteiger partial charge is 0.481 e. The normalized spacial score (nSPS) is 18.0. The summed E-state index contributed by atoms with van der Waals surface area (Å²) in [5.74, 6) is -0.788. The Morgan fingerprint density at radius 1 is 1.37 bits per heavy atom. The molecule has 2 rings (SSSR count). The van der Waals surface area contributed by atoms with Crippen molar-refractivity contribution in [3.05, 3.63) is 35.4 Å². The van der Waals surface area contributed by atoms with Crippen LogP contribution in [0.2, 0.25) is 0 Å². The van der Waals surface area contributed by atoms with Crippen molar-refractivity contribution in [2.24, 2.45) is 5.92 Å². The van der Waals surface area contributed by atoms with Gasteiger partial charge in [0.15, 0.2) is 0 Å². The van der Waals surface area contributed by atoms with Crippen molar-refractivity contribution in [2.45, 2.75) is 38.3 Å². The summed E-state index contributed by atoms with van der Waals surface area (Å²) in [5.41, 5.74) is 1.92.